The molecular formula is C25H17ClN2O2. The number of carbonyl (C=O) groups excluding carboxylic acids is 2. The number of hydrogen-bond acceptors (Lipinski definition) is 4. The fourth-order valence-electron chi connectivity index (χ4n) is 3.87. The summed E-state index contributed by atoms with van der Waals surface area (Å²) in [6.45, 7) is 3.83. The highest BCUT2D eigenvalue weighted by Crippen LogP contribution is 2.36. The molecule has 0 bridgehead atoms. The molecule has 0 unspecified atom stereocenters. The first-order valence-corrected chi connectivity index (χ1v) is 9.98. The summed E-state index contributed by atoms with van der Waals surface area (Å²) in [4.78, 5) is 31.0. The lowest BCUT2D eigenvalue weighted by atomic mass is 9.89. The molecule has 0 saturated heterocycles. The molecule has 5 heteroatoms. The molecule has 5 rings (SSSR count). The number of anilines is 1. The van der Waals surface area contributed by atoms with Crippen LogP contribution in [0.5, 0.6) is 0 Å². The Morgan fingerprint density at radius 3 is 1.83 bits per heavy atom. The van der Waals surface area contributed by atoms with Crippen LogP contribution >= 0.6 is 11.6 Å². The third-order valence-corrected chi connectivity index (χ3v) is 5.97. The van der Waals surface area contributed by atoms with Gasteiger partial charge in [0.05, 0.1) is 16.7 Å². The van der Waals surface area contributed by atoms with E-state index >= 15 is 0 Å². The van der Waals surface area contributed by atoms with Crippen LogP contribution in [0.3, 0.4) is 0 Å². The summed E-state index contributed by atoms with van der Waals surface area (Å²) < 4.78 is 0. The number of aryl methyl sites for hydroxylation is 2. The number of Topliss-reactive ketones (excluding diaryl/α,β-unsaturated/α-hetero) is 2. The number of allylic oxidation sites excluding steroid dienone is 2. The zero-order valence-corrected chi connectivity index (χ0v) is 17.2. The highest BCUT2D eigenvalue weighted by atomic mass is 35.5. The second-order valence-electron chi connectivity index (χ2n) is 7.48. The van der Waals surface area contributed by atoms with E-state index in [4.69, 9.17) is 16.6 Å². The molecule has 0 atom stereocenters. The molecule has 146 valence electrons. The maximum Gasteiger partial charge on any atom is 0.211 e. The van der Waals surface area contributed by atoms with Gasteiger partial charge in [0.15, 0.2) is 0 Å². The second-order valence-corrected chi connectivity index (χ2v) is 7.85. The van der Waals surface area contributed by atoms with Crippen LogP contribution in [-0.2, 0) is 0 Å². The van der Waals surface area contributed by atoms with Crippen LogP contribution in [-0.4, -0.2) is 16.6 Å². The van der Waals surface area contributed by atoms with Crippen LogP contribution < -0.4 is 5.32 Å². The molecule has 4 aromatic rings. The Hall–Kier alpha value is -3.50. The summed E-state index contributed by atoms with van der Waals surface area (Å²) in [5.41, 5.74) is 5.00. The lowest BCUT2D eigenvalue weighted by Gasteiger charge is -2.21. The molecule has 30 heavy (non-hydrogen) atoms. The average Bonchev–Trinajstić information content (AvgIpc) is 2.76. The van der Waals surface area contributed by atoms with Gasteiger partial charge in [-0.25, -0.2) is 4.98 Å². The topological polar surface area (TPSA) is 59.1 Å². The normalized spacial score (nSPS) is 13.8. The summed E-state index contributed by atoms with van der Waals surface area (Å²) in [5, 5.41) is 4.81. The first-order valence-electron chi connectivity index (χ1n) is 9.60. The standard InChI is InChI=1S/C25H17ClN2O2/c1-13-11-17-18(12-14(13)2)25(30)23(21(26)24(17)29)28-22-15-7-3-5-9-19(15)27-20-10-6-4-8-16(20)22/h3-12H,1-2H3,(H,27,28). The number of ketones is 2. The summed E-state index contributed by atoms with van der Waals surface area (Å²) in [6.07, 6.45) is 0. The smallest absolute Gasteiger partial charge is 0.211 e. The molecule has 0 spiro atoms. The van der Waals surface area contributed by atoms with Gasteiger partial charge in [-0.15, -0.1) is 0 Å². The largest absolute Gasteiger partial charge is 0.350 e. The third-order valence-electron chi connectivity index (χ3n) is 5.61. The number of para-hydroxylation sites is 2. The van der Waals surface area contributed by atoms with Gasteiger partial charge in [0.2, 0.25) is 11.6 Å². The number of carbonyl (C=O) groups is 2. The number of hydrogen-bond donors (Lipinski definition) is 1. The molecule has 0 saturated carbocycles. The van der Waals surface area contributed by atoms with E-state index in [1.54, 1.807) is 12.1 Å². The van der Waals surface area contributed by atoms with Crippen molar-refractivity contribution in [2.75, 3.05) is 5.32 Å². The molecule has 0 aliphatic heterocycles. The summed E-state index contributed by atoms with van der Waals surface area (Å²) in [7, 11) is 0. The zero-order valence-electron chi connectivity index (χ0n) is 16.4. The van der Waals surface area contributed by atoms with Gasteiger partial charge in [0.1, 0.15) is 10.7 Å². The van der Waals surface area contributed by atoms with Gasteiger partial charge in [-0.3, -0.25) is 9.59 Å². The number of fused-ring (bicyclic) bond motifs is 3. The highest BCUT2D eigenvalue weighted by molar-refractivity contribution is 6.50. The first kappa shape index (κ1) is 18.5. The number of rotatable bonds is 2. The maximum absolute atomic E-state index is 13.3. The number of nitrogens with zero attached hydrogens (tertiary/aromatic N) is 1. The predicted octanol–water partition coefficient (Wildman–Crippen LogP) is 5.95. The van der Waals surface area contributed by atoms with Gasteiger partial charge in [-0.05, 0) is 49.2 Å². The van der Waals surface area contributed by atoms with Crippen LogP contribution in [0.1, 0.15) is 31.8 Å². The molecule has 0 radical (unpaired) electrons. The van der Waals surface area contributed by atoms with Crippen LogP contribution in [0.4, 0.5) is 5.69 Å². The van der Waals surface area contributed by atoms with Gasteiger partial charge in [0, 0.05) is 21.9 Å². The number of benzene rings is 3. The molecule has 4 nitrogen and oxygen atoms in total. The Morgan fingerprint density at radius 2 is 1.27 bits per heavy atom. The van der Waals surface area contributed by atoms with Gasteiger partial charge in [0.25, 0.3) is 0 Å². The van der Waals surface area contributed by atoms with Crippen LogP contribution in [0.2, 0.25) is 0 Å². The number of pyridine rings is 1. The van der Waals surface area contributed by atoms with Crippen molar-refractivity contribution in [2.24, 2.45) is 0 Å². The fraction of sp³-hybridized carbons (Fsp3) is 0.0800. The molecular weight excluding hydrogens is 396 g/mol. The molecule has 1 N–H and O–H groups in total. The van der Waals surface area contributed by atoms with Crippen molar-refractivity contribution in [3.63, 3.8) is 0 Å². The molecule has 0 amide bonds. The van der Waals surface area contributed by atoms with Gasteiger partial charge >= 0.3 is 0 Å². The van der Waals surface area contributed by atoms with Crippen molar-refractivity contribution < 1.29 is 9.59 Å². The molecule has 1 aliphatic carbocycles. The van der Waals surface area contributed by atoms with Crippen molar-refractivity contribution >= 4 is 50.7 Å². The molecule has 0 fully saturated rings. The quantitative estimate of drug-likeness (QED) is 0.413. The van der Waals surface area contributed by atoms with Crippen molar-refractivity contribution in [2.45, 2.75) is 13.8 Å². The average molecular weight is 413 g/mol. The number of aromatic nitrogens is 1. The first-order chi connectivity index (χ1) is 14.5. The van der Waals surface area contributed by atoms with E-state index in [2.05, 4.69) is 5.32 Å². The van der Waals surface area contributed by atoms with E-state index in [0.29, 0.717) is 16.8 Å². The fourth-order valence-corrected chi connectivity index (χ4v) is 4.10. The van der Waals surface area contributed by atoms with E-state index in [0.717, 1.165) is 32.9 Å². The van der Waals surface area contributed by atoms with Crippen molar-refractivity contribution in [1.29, 1.82) is 0 Å². The minimum Gasteiger partial charge on any atom is -0.350 e. The van der Waals surface area contributed by atoms with E-state index in [-0.39, 0.29) is 22.3 Å². The SMILES string of the molecule is Cc1cc2c(cc1C)C(=O)C(Nc1c3ccccc3nc3ccccc13)=C(Cl)C2=O. The number of nitrogens with one attached hydrogen (secondary N) is 1. The van der Waals surface area contributed by atoms with E-state index in [1.165, 1.54) is 0 Å². The monoisotopic (exact) mass is 412 g/mol. The Kier molecular flexibility index (Phi) is 4.19. The third kappa shape index (κ3) is 2.72. The number of halogens is 1. The highest BCUT2D eigenvalue weighted by Gasteiger charge is 2.32. The van der Waals surface area contributed by atoms with Crippen molar-refractivity contribution in [1.82, 2.24) is 4.98 Å². The molecule has 1 aromatic heterocycles. The summed E-state index contributed by atoms with van der Waals surface area (Å²) in [5.74, 6) is -0.637. The van der Waals surface area contributed by atoms with E-state index in [1.807, 2.05) is 62.4 Å². The lowest BCUT2D eigenvalue weighted by molar-refractivity contribution is 0.0982. The molecule has 3 aromatic carbocycles. The minimum absolute atomic E-state index is 0.0962. The van der Waals surface area contributed by atoms with Crippen LogP contribution in [0, 0.1) is 13.8 Å². The van der Waals surface area contributed by atoms with Crippen LogP contribution in [0.25, 0.3) is 21.8 Å². The van der Waals surface area contributed by atoms with Crippen molar-refractivity contribution in [3.05, 3.63) is 93.6 Å². The maximum atomic E-state index is 13.3. The molecule has 1 aliphatic rings. The predicted molar refractivity (Wildman–Crippen MR) is 120 cm³/mol. The second kappa shape index (κ2) is 6.78. The Bertz CT molecular complexity index is 1380. The summed E-state index contributed by atoms with van der Waals surface area (Å²) >= 11 is 6.43. The Labute approximate surface area is 178 Å². The van der Waals surface area contributed by atoms with Gasteiger partial charge in [-0.1, -0.05) is 48.0 Å². The molecule has 1 heterocycles. The Balaban J connectivity index is 1.73. The van der Waals surface area contributed by atoms with Crippen LogP contribution in [0.15, 0.2) is 71.4 Å². The lowest BCUT2D eigenvalue weighted by Crippen LogP contribution is -2.25. The van der Waals surface area contributed by atoms with E-state index < -0.39 is 0 Å². The van der Waals surface area contributed by atoms with Gasteiger partial charge in [-0.2, -0.15) is 0 Å². The summed E-state index contributed by atoms with van der Waals surface area (Å²) in [6, 6.07) is 18.8. The van der Waals surface area contributed by atoms with Gasteiger partial charge < -0.3 is 5.32 Å². The Morgan fingerprint density at radius 1 is 0.767 bits per heavy atom. The van der Waals surface area contributed by atoms with Crippen molar-refractivity contribution in [3.8, 4) is 0 Å². The van der Waals surface area contributed by atoms with E-state index in [9.17, 15) is 9.59 Å². The minimum atomic E-state index is -0.348. The zero-order chi connectivity index (χ0) is 21.0.